The topological polar surface area (TPSA) is 86.0 Å². The molecule has 0 saturated heterocycles. The Kier molecular flexibility index (Phi) is 7.55. The van der Waals surface area contributed by atoms with Gasteiger partial charge in [-0.1, -0.05) is 18.2 Å². The van der Waals surface area contributed by atoms with E-state index in [0.29, 0.717) is 33.8 Å². The van der Waals surface area contributed by atoms with Crippen molar-refractivity contribution in [2.24, 2.45) is 5.10 Å². The highest BCUT2D eigenvalue weighted by molar-refractivity contribution is 9.10. The van der Waals surface area contributed by atoms with E-state index in [0.717, 1.165) is 5.56 Å². The van der Waals surface area contributed by atoms with Crippen LogP contribution in [-0.2, 0) is 6.61 Å². The number of ether oxygens (including phenoxy) is 2. The molecule has 0 unspecified atom stereocenters. The zero-order chi connectivity index (χ0) is 22.2. The van der Waals surface area contributed by atoms with Gasteiger partial charge in [0.05, 0.1) is 27.9 Å². The van der Waals surface area contributed by atoms with Crippen LogP contribution in [0.1, 0.15) is 18.1 Å². The molecule has 0 aromatic heterocycles. The maximum absolute atomic E-state index is 13.9. The van der Waals surface area contributed by atoms with E-state index in [1.165, 1.54) is 18.2 Å². The number of benzene rings is 3. The molecule has 0 heterocycles. The summed E-state index contributed by atoms with van der Waals surface area (Å²) in [7, 11) is 0. The number of nitrogens with one attached hydrogen (secondary N) is 1. The van der Waals surface area contributed by atoms with Crippen molar-refractivity contribution in [1.29, 1.82) is 0 Å². The monoisotopic (exact) mass is 487 g/mol. The Balaban J connectivity index is 1.73. The van der Waals surface area contributed by atoms with E-state index < -0.39 is 4.92 Å². The van der Waals surface area contributed by atoms with Crippen LogP contribution in [0.2, 0.25) is 0 Å². The first-order chi connectivity index (χ1) is 15.0. The van der Waals surface area contributed by atoms with Crippen LogP contribution >= 0.6 is 15.9 Å². The predicted octanol–water partition coefficient (Wildman–Crippen LogP) is 5.92. The first kappa shape index (κ1) is 22.2. The summed E-state index contributed by atoms with van der Waals surface area (Å²) < 4.78 is 26.0. The van der Waals surface area contributed by atoms with Crippen molar-refractivity contribution in [3.8, 4) is 11.5 Å². The lowest BCUT2D eigenvalue weighted by Crippen LogP contribution is -2.03. The van der Waals surface area contributed by atoms with E-state index in [4.69, 9.17) is 9.47 Å². The zero-order valence-electron chi connectivity index (χ0n) is 16.5. The first-order valence-electron chi connectivity index (χ1n) is 9.34. The lowest BCUT2D eigenvalue weighted by atomic mass is 10.2. The Hall–Kier alpha value is -3.46. The van der Waals surface area contributed by atoms with Crippen molar-refractivity contribution in [2.75, 3.05) is 12.0 Å². The second-order valence-corrected chi connectivity index (χ2v) is 7.17. The third-order valence-electron chi connectivity index (χ3n) is 4.15. The molecule has 7 nitrogen and oxygen atoms in total. The second kappa shape index (κ2) is 10.5. The maximum Gasteiger partial charge on any atom is 0.269 e. The molecule has 9 heteroatoms. The molecule has 0 aliphatic carbocycles. The first-order valence-corrected chi connectivity index (χ1v) is 10.1. The van der Waals surface area contributed by atoms with E-state index in [1.54, 1.807) is 48.7 Å². The Morgan fingerprint density at radius 1 is 1.16 bits per heavy atom. The molecule has 0 amide bonds. The molecule has 0 aliphatic heterocycles. The standard InChI is InChI=1S/C22H19BrFN3O4/c1-2-30-21-12-15(13-25-26-17-7-9-18(10-8-17)27(28)29)11-19(23)22(21)31-14-16-5-3-4-6-20(16)24/h3-13,26H,2,14H2,1H3/b25-13+. The number of nitrogens with zero attached hydrogens (tertiary/aromatic N) is 2. The number of halogens is 2. The van der Waals surface area contributed by atoms with Gasteiger partial charge in [0.15, 0.2) is 11.5 Å². The minimum atomic E-state index is -0.463. The van der Waals surface area contributed by atoms with Gasteiger partial charge in [0.25, 0.3) is 5.69 Å². The maximum atomic E-state index is 13.9. The third-order valence-corrected chi connectivity index (χ3v) is 4.74. The number of rotatable bonds is 9. The molecule has 0 saturated carbocycles. The molecule has 0 fully saturated rings. The summed E-state index contributed by atoms with van der Waals surface area (Å²) in [5.74, 6) is 0.619. The number of hydrogen-bond donors (Lipinski definition) is 1. The Morgan fingerprint density at radius 2 is 1.90 bits per heavy atom. The van der Waals surface area contributed by atoms with Crippen molar-refractivity contribution in [3.05, 3.63) is 92.2 Å². The molecule has 160 valence electrons. The number of hydrogen-bond acceptors (Lipinski definition) is 6. The van der Waals surface area contributed by atoms with Crippen LogP contribution in [0.5, 0.6) is 11.5 Å². The normalized spacial score (nSPS) is 10.8. The van der Waals surface area contributed by atoms with Gasteiger partial charge in [-0.2, -0.15) is 5.10 Å². The molecule has 3 rings (SSSR count). The molecule has 0 spiro atoms. The number of nitro benzene ring substituents is 1. The Morgan fingerprint density at radius 3 is 2.58 bits per heavy atom. The minimum Gasteiger partial charge on any atom is -0.490 e. The fraction of sp³-hybridized carbons (Fsp3) is 0.136. The van der Waals surface area contributed by atoms with Gasteiger partial charge in [0, 0.05) is 17.7 Å². The average molecular weight is 488 g/mol. The van der Waals surface area contributed by atoms with E-state index >= 15 is 0 Å². The molecule has 31 heavy (non-hydrogen) atoms. The molecule has 1 N–H and O–H groups in total. The van der Waals surface area contributed by atoms with Gasteiger partial charge in [-0.15, -0.1) is 0 Å². The van der Waals surface area contributed by atoms with Crippen molar-refractivity contribution in [1.82, 2.24) is 0 Å². The van der Waals surface area contributed by atoms with Gasteiger partial charge >= 0.3 is 0 Å². The fourth-order valence-corrected chi connectivity index (χ4v) is 3.24. The molecular formula is C22H19BrFN3O4. The van der Waals surface area contributed by atoms with Crippen LogP contribution in [0, 0.1) is 15.9 Å². The third kappa shape index (κ3) is 6.02. The van der Waals surface area contributed by atoms with Crippen molar-refractivity contribution in [2.45, 2.75) is 13.5 Å². The smallest absolute Gasteiger partial charge is 0.269 e. The van der Waals surface area contributed by atoms with E-state index in [2.05, 4.69) is 26.5 Å². The minimum absolute atomic E-state index is 0.00536. The van der Waals surface area contributed by atoms with Crippen LogP contribution in [0.15, 0.2) is 70.2 Å². The van der Waals surface area contributed by atoms with Crippen molar-refractivity contribution < 1.29 is 18.8 Å². The van der Waals surface area contributed by atoms with E-state index in [-0.39, 0.29) is 18.1 Å². The lowest BCUT2D eigenvalue weighted by molar-refractivity contribution is -0.384. The predicted molar refractivity (Wildman–Crippen MR) is 120 cm³/mol. The Bertz CT molecular complexity index is 1090. The van der Waals surface area contributed by atoms with E-state index in [1.807, 2.05) is 6.92 Å². The zero-order valence-corrected chi connectivity index (χ0v) is 18.1. The van der Waals surface area contributed by atoms with Gasteiger partial charge in [-0.25, -0.2) is 4.39 Å². The van der Waals surface area contributed by atoms with Crippen LogP contribution in [-0.4, -0.2) is 17.7 Å². The summed E-state index contributed by atoms with van der Waals surface area (Å²) in [6.07, 6.45) is 1.58. The highest BCUT2D eigenvalue weighted by Crippen LogP contribution is 2.37. The lowest BCUT2D eigenvalue weighted by Gasteiger charge is -2.15. The fourth-order valence-electron chi connectivity index (χ4n) is 2.67. The summed E-state index contributed by atoms with van der Waals surface area (Å²) >= 11 is 3.47. The molecule has 3 aromatic carbocycles. The number of anilines is 1. The van der Waals surface area contributed by atoms with Gasteiger partial charge in [0.1, 0.15) is 12.4 Å². The number of non-ortho nitro benzene ring substituents is 1. The van der Waals surface area contributed by atoms with Gasteiger partial charge in [-0.3, -0.25) is 15.5 Å². The average Bonchev–Trinajstić information content (AvgIpc) is 2.75. The van der Waals surface area contributed by atoms with Crippen LogP contribution in [0.25, 0.3) is 0 Å². The van der Waals surface area contributed by atoms with Crippen molar-refractivity contribution >= 4 is 33.5 Å². The molecule has 3 aromatic rings. The van der Waals surface area contributed by atoms with Crippen LogP contribution in [0.4, 0.5) is 15.8 Å². The largest absolute Gasteiger partial charge is 0.490 e. The van der Waals surface area contributed by atoms with Gasteiger partial charge in [0.2, 0.25) is 0 Å². The summed E-state index contributed by atoms with van der Waals surface area (Å²) in [4.78, 5) is 10.2. The van der Waals surface area contributed by atoms with Gasteiger partial charge in [-0.05, 0) is 58.7 Å². The van der Waals surface area contributed by atoms with Gasteiger partial charge < -0.3 is 9.47 Å². The summed E-state index contributed by atoms with van der Waals surface area (Å²) in [5, 5.41) is 14.9. The van der Waals surface area contributed by atoms with Crippen LogP contribution in [0.3, 0.4) is 0 Å². The highest BCUT2D eigenvalue weighted by atomic mass is 79.9. The summed E-state index contributed by atoms with van der Waals surface area (Å²) in [5.41, 5.74) is 4.59. The number of hydrazone groups is 1. The molecule has 0 atom stereocenters. The quantitative estimate of drug-likeness (QED) is 0.230. The molecule has 0 bridgehead atoms. The van der Waals surface area contributed by atoms with Crippen molar-refractivity contribution in [3.63, 3.8) is 0 Å². The Labute approximate surface area is 186 Å². The van der Waals surface area contributed by atoms with E-state index in [9.17, 15) is 14.5 Å². The van der Waals surface area contributed by atoms with Crippen LogP contribution < -0.4 is 14.9 Å². The highest BCUT2D eigenvalue weighted by Gasteiger charge is 2.13. The summed E-state index contributed by atoms with van der Waals surface area (Å²) in [6.45, 7) is 2.33. The molecule has 0 aliphatic rings. The molecule has 0 radical (unpaired) electrons. The SMILES string of the molecule is CCOc1cc(/C=N/Nc2ccc([N+](=O)[O-])cc2)cc(Br)c1OCc1ccccc1F. The molecular weight excluding hydrogens is 469 g/mol. The number of nitro groups is 1. The second-order valence-electron chi connectivity index (χ2n) is 6.32. The summed E-state index contributed by atoms with van der Waals surface area (Å²) in [6, 6.07) is 15.9.